The number of benzene rings is 2. The van der Waals surface area contributed by atoms with E-state index < -0.39 is 10.1 Å². The Kier molecular flexibility index (Phi) is 3.82. The highest BCUT2D eigenvalue weighted by molar-refractivity contribution is 7.85. The lowest BCUT2D eigenvalue weighted by Crippen LogP contribution is -1.97. The molecule has 2 rings (SSSR count). The molecule has 104 valence electrons. The van der Waals surface area contributed by atoms with E-state index in [1.807, 2.05) is 0 Å². The van der Waals surface area contributed by atoms with Crippen LogP contribution in [-0.4, -0.2) is 13.0 Å². The van der Waals surface area contributed by atoms with Crippen molar-refractivity contribution >= 4 is 27.2 Å². The molecule has 0 aromatic heterocycles. The van der Waals surface area contributed by atoms with Gasteiger partial charge in [0.25, 0.3) is 10.1 Å². The fourth-order valence-corrected chi connectivity index (χ4v) is 2.12. The predicted octanol–water partition coefficient (Wildman–Crippen LogP) is 3.24. The van der Waals surface area contributed by atoms with Gasteiger partial charge in [-0.3, -0.25) is 4.55 Å². The average molecular weight is 291 g/mol. The minimum absolute atomic E-state index is 0.165. The van der Waals surface area contributed by atoms with E-state index in [2.05, 4.69) is 10.2 Å². The van der Waals surface area contributed by atoms with Gasteiger partial charge < -0.3 is 5.73 Å². The number of aryl methyl sites for hydroxylation is 1. The van der Waals surface area contributed by atoms with Crippen molar-refractivity contribution in [2.24, 2.45) is 10.2 Å². The van der Waals surface area contributed by atoms with Crippen molar-refractivity contribution in [3.05, 3.63) is 48.0 Å². The van der Waals surface area contributed by atoms with Crippen LogP contribution in [0.15, 0.2) is 57.6 Å². The van der Waals surface area contributed by atoms with Crippen LogP contribution in [0.2, 0.25) is 0 Å². The van der Waals surface area contributed by atoms with Gasteiger partial charge in [-0.1, -0.05) is 0 Å². The van der Waals surface area contributed by atoms with Gasteiger partial charge in [-0.2, -0.15) is 18.6 Å². The van der Waals surface area contributed by atoms with E-state index in [0.29, 0.717) is 22.6 Å². The maximum atomic E-state index is 11.0. The molecule has 20 heavy (non-hydrogen) atoms. The molecule has 0 unspecified atom stereocenters. The van der Waals surface area contributed by atoms with Crippen molar-refractivity contribution in [3.63, 3.8) is 0 Å². The van der Waals surface area contributed by atoms with Gasteiger partial charge in [0.15, 0.2) is 0 Å². The van der Waals surface area contributed by atoms with E-state index in [0.717, 1.165) is 0 Å². The summed E-state index contributed by atoms with van der Waals surface area (Å²) in [6.45, 7) is 1.69. The summed E-state index contributed by atoms with van der Waals surface area (Å²) in [6, 6.07) is 11.0. The van der Waals surface area contributed by atoms with Crippen LogP contribution in [0, 0.1) is 6.92 Å². The monoisotopic (exact) mass is 291 g/mol. The molecule has 0 amide bonds. The molecule has 0 saturated carbocycles. The number of azo groups is 1. The van der Waals surface area contributed by atoms with Crippen LogP contribution in [-0.2, 0) is 10.1 Å². The lowest BCUT2D eigenvalue weighted by Gasteiger charge is -2.02. The molecule has 0 atom stereocenters. The van der Waals surface area contributed by atoms with E-state index in [-0.39, 0.29) is 4.90 Å². The Morgan fingerprint density at radius 1 is 1.05 bits per heavy atom. The Labute approximate surface area is 116 Å². The average Bonchev–Trinajstić information content (AvgIpc) is 2.38. The molecule has 0 heterocycles. The zero-order valence-corrected chi connectivity index (χ0v) is 11.5. The van der Waals surface area contributed by atoms with Gasteiger partial charge in [0, 0.05) is 5.69 Å². The summed E-state index contributed by atoms with van der Waals surface area (Å²) in [7, 11) is -4.20. The Hall–Kier alpha value is -2.25. The van der Waals surface area contributed by atoms with Crippen LogP contribution in [0.1, 0.15) is 5.56 Å². The molecule has 2 aromatic rings. The van der Waals surface area contributed by atoms with Crippen molar-refractivity contribution < 1.29 is 13.0 Å². The van der Waals surface area contributed by atoms with Crippen LogP contribution >= 0.6 is 0 Å². The highest BCUT2D eigenvalue weighted by Gasteiger charge is 2.10. The first kappa shape index (κ1) is 14.2. The first-order valence-electron chi connectivity index (χ1n) is 5.72. The number of hydrogen-bond acceptors (Lipinski definition) is 5. The summed E-state index contributed by atoms with van der Waals surface area (Å²) in [6.07, 6.45) is 0. The lowest BCUT2D eigenvalue weighted by molar-refractivity contribution is 0.483. The second kappa shape index (κ2) is 5.40. The van der Waals surface area contributed by atoms with Crippen LogP contribution < -0.4 is 5.73 Å². The van der Waals surface area contributed by atoms with E-state index in [1.165, 1.54) is 18.2 Å². The summed E-state index contributed by atoms with van der Waals surface area (Å²) in [4.78, 5) is -0.165. The molecule has 0 aliphatic heterocycles. The molecular weight excluding hydrogens is 278 g/mol. The zero-order chi connectivity index (χ0) is 14.8. The van der Waals surface area contributed by atoms with Crippen LogP contribution in [0.5, 0.6) is 0 Å². The SMILES string of the molecule is Cc1cc(S(=O)(=O)O)ccc1/N=N/c1ccc(N)cc1. The van der Waals surface area contributed by atoms with E-state index >= 15 is 0 Å². The fourth-order valence-electron chi connectivity index (χ4n) is 1.55. The minimum atomic E-state index is -4.20. The van der Waals surface area contributed by atoms with Crippen LogP contribution in [0.25, 0.3) is 0 Å². The van der Waals surface area contributed by atoms with E-state index in [4.69, 9.17) is 10.3 Å². The summed E-state index contributed by atoms with van der Waals surface area (Å²) >= 11 is 0. The highest BCUT2D eigenvalue weighted by atomic mass is 32.2. The second-order valence-electron chi connectivity index (χ2n) is 4.21. The third kappa shape index (κ3) is 3.40. The molecule has 0 aliphatic carbocycles. The Morgan fingerprint density at radius 2 is 1.70 bits per heavy atom. The first-order chi connectivity index (χ1) is 9.36. The van der Waals surface area contributed by atoms with Gasteiger partial charge in [0.1, 0.15) is 0 Å². The summed E-state index contributed by atoms with van der Waals surface area (Å²) in [5.74, 6) is 0. The Balaban J connectivity index is 2.28. The van der Waals surface area contributed by atoms with Crippen molar-refractivity contribution in [3.8, 4) is 0 Å². The van der Waals surface area contributed by atoms with Gasteiger partial charge in [0.05, 0.1) is 16.3 Å². The number of hydrogen-bond donors (Lipinski definition) is 2. The van der Waals surface area contributed by atoms with E-state index in [1.54, 1.807) is 31.2 Å². The molecule has 7 heteroatoms. The Bertz CT molecular complexity index is 753. The number of nitrogens with two attached hydrogens (primary N) is 1. The molecule has 3 N–H and O–H groups in total. The number of rotatable bonds is 3. The van der Waals surface area contributed by atoms with Gasteiger partial charge in [-0.25, -0.2) is 0 Å². The van der Waals surface area contributed by atoms with Crippen molar-refractivity contribution in [2.45, 2.75) is 11.8 Å². The molecule has 0 saturated heterocycles. The summed E-state index contributed by atoms with van der Waals surface area (Å²) < 4.78 is 30.9. The Morgan fingerprint density at radius 3 is 2.25 bits per heavy atom. The third-order valence-electron chi connectivity index (χ3n) is 2.63. The lowest BCUT2D eigenvalue weighted by atomic mass is 10.2. The predicted molar refractivity (Wildman–Crippen MR) is 76.0 cm³/mol. The molecule has 0 bridgehead atoms. The largest absolute Gasteiger partial charge is 0.399 e. The topological polar surface area (TPSA) is 105 Å². The van der Waals surface area contributed by atoms with Gasteiger partial charge >= 0.3 is 0 Å². The molecule has 0 fully saturated rings. The molecule has 0 spiro atoms. The molecule has 0 radical (unpaired) electrons. The third-order valence-corrected chi connectivity index (χ3v) is 3.48. The highest BCUT2D eigenvalue weighted by Crippen LogP contribution is 2.24. The maximum absolute atomic E-state index is 11.0. The number of anilines is 1. The minimum Gasteiger partial charge on any atom is -0.399 e. The molecular formula is C13H13N3O3S. The van der Waals surface area contributed by atoms with Crippen molar-refractivity contribution in [2.75, 3.05) is 5.73 Å². The standard InChI is InChI=1S/C13H13N3O3S/c1-9-8-12(20(17,18)19)6-7-13(9)16-15-11-4-2-10(14)3-5-11/h2-8H,14H2,1H3,(H,17,18,19)/b16-15+. The van der Waals surface area contributed by atoms with Crippen molar-refractivity contribution in [1.82, 2.24) is 0 Å². The van der Waals surface area contributed by atoms with Crippen molar-refractivity contribution in [1.29, 1.82) is 0 Å². The number of nitrogen functional groups attached to an aromatic ring is 1. The molecule has 2 aromatic carbocycles. The zero-order valence-electron chi connectivity index (χ0n) is 10.7. The summed E-state index contributed by atoms with van der Waals surface area (Å²) in [5.41, 5.74) is 7.95. The quantitative estimate of drug-likeness (QED) is 0.514. The smallest absolute Gasteiger partial charge is 0.294 e. The fraction of sp³-hybridized carbons (Fsp3) is 0.0769. The number of nitrogens with zero attached hydrogens (tertiary/aromatic N) is 2. The van der Waals surface area contributed by atoms with Crippen LogP contribution in [0.4, 0.5) is 17.1 Å². The maximum Gasteiger partial charge on any atom is 0.294 e. The summed E-state index contributed by atoms with van der Waals surface area (Å²) in [5, 5.41) is 8.06. The first-order valence-corrected chi connectivity index (χ1v) is 7.16. The molecule has 6 nitrogen and oxygen atoms in total. The van der Waals surface area contributed by atoms with Gasteiger partial charge in [0.2, 0.25) is 0 Å². The normalized spacial score (nSPS) is 11.9. The van der Waals surface area contributed by atoms with Gasteiger partial charge in [-0.15, -0.1) is 0 Å². The second-order valence-corrected chi connectivity index (χ2v) is 5.64. The van der Waals surface area contributed by atoms with E-state index in [9.17, 15) is 8.42 Å². The molecule has 0 aliphatic rings. The van der Waals surface area contributed by atoms with Crippen LogP contribution in [0.3, 0.4) is 0 Å². The van der Waals surface area contributed by atoms with Gasteiger partial charge in [-0.05, 0) is 55.0 Å².